The highest BCUT2D eigenvalue weighted by atomic mass is 32.1. The second-order valence-electron chi connectivity index (χ2n) is 5.73. The Kier molecular flexibility index (Phi) is 6.20. The number of hydrogen-bond acceptors (Lipinski definition) is 6. The van der Waals surface area contributed by atoms with Crippen molar-refractivity contribution in [3.8, 4) is 11.5 Å². The third kappa shape index (κ3) is 5.39. The fourth-order valence-corrected chi connectivity index (χ4v) is 3.08. The first-order chi connectivity index (χ1) is 13.9. The highest BCUT2D eigenvalue weighted by Gasteiger charge is 2.15. The van der Waals surface area contributed by atoms with E-state index in [0.29, 0.717) is 16.5 Å². The van der Waals surface area contributed by atoms with Gasteiger partial charge in [0.05, 0.1) is 11.1 Å². The molecule has 2 aromatic carbocycles. The van der Waals surface area contributed by atoms with Crippen LogP contribution < -0.4 is 15.8 Å². The highest BCUT2D eigenvalue weighted by Crippen LogP contribution is 2.23. The summed E-state index contributed by atoms with van der Waals surface area (Å²) in [5.74, 6) is -1.44. The largest absolute Gasteiger partial charge is 0.457 e. The lowest BCUT2D eigenvalue weighted by atomic mass is 10.2. The van der Waals surface area contributed by atoms with Gasteiger partial charge in [0.2, 0.25) is 0 Å². The van der Waals surface area contributed by atoms with Crippen molar-refractivity contribution in [2.45, 2.75) is 0 Å². The molecule has 1 aromatic heterocycles. The molecule has 0 atom stereocenters. The van der Waals surface area contributed by atoms with E-state index < -0.39 is 24.4 Å². The number of benzene rings is 2. The molecule has 0 bridgehead atoms. The van der Waals surface area contributed by atoms with Gasteiger partial charge in [-0.1, -0.05) is 0 Å². The van der Waals surface area contributed by atoms with Crippen LogP contribution in [0.3, 0.4) is 0 Å². The molecular formula is C20H15FN2O5S. The number of primary amides is 1. The van der Waals surface area contributed by atoms with E-state index in [4.69, 9.17) is 15.2 Å². The lowest BCUT2D eigenvalue weighted by Crippen LogP contribution is -2.22. The zero-order valence-electron chi connectivity index (χ0n) is 14.9. The fraction of sp³-hybridized carbons (Fsp3) is 0.0500. The number of nitrogens with one attached hydrogen (secondary N) is 1. The number of hydrogen-bond donors (Lipinski definition) is 2. The summed E-state index contributed by atoms with van der Waals surface area (Å²) in [4.78, 5) is 35.2. The van der Waals surface area contributed by atoms with Crippen molar-refractivity contribution < 1.29 is 28.2 Å². The standard InChI is InChI=1S/C20H15FN2O5S/c21-13-3-7-15(8-4-13)28-14-5-1-12(2-6-14)20(26)27-11-17(24)23-19-16(18(22)25)9-10-29-19/h1-10H,11H2,(H2,22,25)(H,23,24). The molecule has 0 fully saturated rings. The van der Waals surface area contributed by atoms with E-state index in [2.05, 4.69) is 5.32 Å². The molecule has 2 amide bonds. The molecule has 3 rings (SSSR count). The molecule has 0 unspecified atom stereocenters. The van der Waals surface area contributed by atoms with E-state index in [-0.39, 0.29) is 16.9 Å². The van der Waals surface area contributed by atoms with Gasteiger partial charge >= 0.3 is 5.97 Å². The summed E-state index contributed by atoms with van der Waals surface area (Å²) in [5.41, 5.74) is 5.61. The average Bonchev–Trinajstić information content (AvgIpc) is 3.17. The van der Waals surface area contributed by atoms with E-state index in [1.54, 1.807) is 17.5 Å². The molecule has 148 valence electrons. The molecular weight excluding hydrogens is 399 g/mol. The number of nitrogens with two attached hydrogens (primary N) is 1. The highest BCUT2D eigenvalue weighted by molar-refractivity contribution is 7.14. The normalized spacial score (nSPS) is 10.2. The molecule has 1 heterocycles. The maximum absolute atomic E-state index is 12.9. The van der Waals surface area contributed by atoms with Crippen LogP contribution in [-0.2, 0) is 9.53 Å². The smallest absolute Gasteiger partial charge is 0.338 e. The van der Waals surface area contributed by atoms with E-state index in [9.17, 15) is 18.8 Å². The first-order valence-corrected chi connectivity index (χ1v) is 9.18. The summed E-state index contributed by atoms with van der Waals surface area (Å²) >= 11 is 1.13. The SMILES string of the molecule is NC(=O)c1ccsc1NC(=O)COC(=O)c1ccc(Oc2ccc(F)cc2)cc1. The lowest BCUT2D eigenvalue weighted by molar-refractivity contribution is -0.119. The Hall–Kier alpha value is -3.72. The Morgan fingerprint density at radius 3 is 2.21 bits per heavy atom. The minimum absolute atomic E-state index is 0.186. The van der Waals surface area contributed by atoms with Gasteiger partial charge in [-0.15, -0.1) is 11.3 Å². The minimum atomic E-state index is -0.699. The quantitative estimate of drug-likeness (QED) is 0.575. The van der Waals surface area contributed by atoms with Gasteiger partial charge in [0, 0.05) is 0 Å². The number of thiophene rings is 1. The van der Waals surface area contributed by atoms with Gasteiger partial charge in [-0.3, -0.25) is 9.59 Å². The van der Waals surface area contributed by atoms with Crippen LogP contribution in [0, 0.1) is 5.82 Å². The first kappa shape index (κ1) is 20.0. The number of anilines is 1. The van der Waals surface area contributed by atoms with Gasteiger partial charge in [-0.25, -0.2) is 9.18 Å². The summed E-state index contributed by atoms with van der Waals surface area (Å²) in [6, 6.07) is 13.0. The second kappa shape index (κ2) is 8.98. The molecule has 0 saturated heterocycles. The van der Waals surface area contributed by atoms with Crippen LogP contribution in [0.1, 0.15) is 20.7 Å². The van der Waals surface area contributed by atoms with Crippen LogP contribution in [0.2, 0.25) is 0 Å². The van der Waals surface area contributed by atoms with Crippen LogP contribution >= 0.6 is 11.3 Å². The van der Waals surface area contributed by atoms with Gasteiger partial charge in [0.25, 0.3) is 11.8 Å². The van der Waals surface area contributed by atoms with Gasteiger partial charge in [0.1, 0.15) is 22.3 Å². The van der Waals surface area contributed by atoms with Gasteiger partial charge in [-0.2, -0.15) is 0 Å². The Labute approximate surface area is 168 Å². The summed E-state index contributed by atoms with van der Waals surface area (Å²) in [7, 11) is 0. The van der Waals surface area contributed by atoms with Crippen LogP contribution in [0.25, 0.3) is 0 Å². The molecule has 29 heavy (non-hydrogen) atoms. The second-order valence-corrected chi connectivity index (χ2v) is 6.65. The predicted molar refractivity (Wildman–Crippen MR) is 105 cm³/mol. The van der Waals surface area contributed by atoms with Crippen molar-refractivity contribution in [2.75, 3.05) is 11.9 Å². The van der Waals surface area contributed by atoms with Crippen molar-refractivity contribution in [3.63, 3.8) is 0 Å². The van der Waals surface area contributed by atoms with Crippen molar-refractivity contribution in [1.29, 1.82) is 0 Å². The molecule has 3 aromatic rings. The third-order valence-electron chi connectivity index (χ3n) is 3.66. The van der Waals surface area contributed by atoms with E-state index in [1.165, 1.54) is 42.5 Å². The third-order valence-corrected chi connectivity index (χ3v) is 4.49. The number of esters is 1. The van der Waals surface area contributed by atoms with Gasteiger partial charge in [0.15, 0.2) is 6.61 Å². The number of carbonyl (C=O) groups is 3. The van der Waals surface area contributed by atoms with Gasteiger partial charge in [-0.05, 0) is 60.0 Å². The van der Waals surface area contributed by atoms with E-state index >= 15 is 0 Å². The number of halogens is 1. The Morgan fingerprint density at radius 1 is 0.966 bits per heavy atom. The Bertz CT molecular complexity index is 1030. The van der Waals surface area contributed by atoms with E-state index in [1.807, 2.05) is 0 Å². The van der Waals surface area contributed by atoms with Gasteiger partial charge < -0.3 is 20.5 Å². The monoisotopic (exact) mass is 414 g/mol. The molecule has 0 aliphatic heterocycles. The molecule has 0 aliphatic carbocycles. The maximum Gasteiger partial charge on any atom is 0.338 e. The van der Waals surface area contributed by atoms with Crippen LogP contribution in [0.15, 0.2) is 60.0 Å². The van der Waals surface area contributed by atoms with Crippen LogP contribution in [0.5, 0.6) is 11.5 Å². The molecule has 0 radical (unpaired) electrons. The summed E-state index contributed by atoms with van der Waals surface area (Å²) in [6.45, 7) is -0.525. The predicted octanol–water partition coefficient (Wildman–Crippen LogP) is 3.57. The Morgan fingerprint density at radius 2 is 1.59 bits per heavy atom. The minimum Gasteiger partial charge on any atom is -0.457 e. The molecule has 0 spiro atoms. The number of rotatable bonds is 7. The van der Waals surface area contributed by atoms with Crippen molar-refractivity contribution >= 4 is 34.1 Å². The lowest BCUT2D eigenvalue weighted by Gasteiger charge is -2.08. The number of amides is 2. The van der Waals surface area contributed by atoms with Crippen molar-refractivity contribution in [2.24, 2.45) is 5.73 Å². The molecule has 0 saturated carbocycles. The molecule has 3 N–H and O–H groups in total. The number of carbonyl (C=O) groups excluding carboxylic acids is 3. The summed E-state index contributed by atoms with van der Waals surface area (Å²) < 4.78 is 23.4. The van der Waals surface area contributed by atoms with E-state index in [0.717, 1.165) is 11.3 Å². The molecule has 7 nitrogen and oxygen atoms in total. The van der Waals surface area contributed by atoms with Crippen LogP contribution in [0.4, 0.5) is 9.39 Å². The van der Waals surface area contributed by atoms with Crippen LogP contribution in [-0.4, -0.2) is 24.4 Å². The Balaban J connectivity index is 1.52. The maximum atomic E-state index is 12.9. The average molecular weight is 414 g/mol. The van der Waals surface area contributed by atoms with Crippen molar-refractivity contribution in [1.82, 2.24) is 0 Å². The fourth-order valence-electron chi connectivity index (χ4n) is 2.28. The zero-order chi connectivity index (χ0) is 20.8. The molecule has 0 aliphatic rings. The first-order valence-electron chi connectivity index (χ1n) is 8.30. The summed E-state index contributed by atoms with van der Waals surface area (Å²) in [6.07, 6.45) is 0. The summed E-state index contributed by atoms with van der Waals surface area (Å²) in [5, 5.41) is 4.37. The number of ether oxygens (including phenoxy) is 2. The topological polar surface area (TPSA) is 108 Å². The zero-order valence-corrected chi connectivity index (χ0v) is 15.7. The molecule has 9 heteroatoms. The van der Waals surface area contributed by atoms with Crippen molar-refractivity contribution in [3.05, 3.63) is 76.9 Å².